The lowest BCUT2D eigenvalue weighted by atomic mass is 9.88. The van der Waals surface area contributed by atoms with Crippen molar-refractivity contribution in [2.75, 3.05) is 13.2 Å². The first-order chi connectivity index (χ1) is 9.54. The minimum atomic E-state index is -1.43. The van der Waals surface area contributed by atoms with E-state index in [-0.39, 0.29) is 17.8 Å². The summed E-state index contributed by atoms with van der Waals surface area (Å²) in [7, 11) is 0. The first-order valence-electron chi connectivity index (χ1n) is 7.37. The highest BCUT2D eigenvalue weighted by atomic mass is 35.5. The minimum absolute atomic E-state index is 0.0210. The van der Waals surface area contributed by atoms with Gasteiger partial charge in [-0.25, -0.2) is 0 Å². The first-order valence-corrected chi connectivity index (χ1v) is 8.13. The van der Waals surface area contributed by atoms with Gasteiger partial charge in [-0.3, -0.25) is 4.79 Å². The van der Waals surface area contributed by atoms with Crippen molar-refractivity contribution in [2.45, 2.75) is 55.4 Å². The number of alkyl halides is 2. The standard InChI is InChI=1S/C15H22Cl2O3/c1-2-8-15(16,17)14(18)13-11-5-3-4-6-12(20-13)7-9-19-10-11/h11-12H,1-10H2. The van der Waals surface area contributed by atoms with E-state index in [0.717, 1.165) is 32.1 Å². The van der Waals surface area contributed by atoms with E-state index < -0.39 is 4.33 Å². The van der Waals surface area contributed by atoms with Crippen LogP contribution in [0.4, 0.5) is 0 Å². The monoisotopic (exact) mass is 320 g/mol. The zero-order valence-corrected chi connectivity index (χ0v) is 13.2. The van der Waals surface area contributed by atoms with Gasteiger partial charge >= 0.3 is 0 Å². The van der Waals surface area contributed by atoms with Gasteiger partial charge < -0.3 is 9.47 Å². The van der Waals surface area contributed by atoms with Crippen LogP contribution in [-0.4, -0.2) is 29.4 Å². The molecule has 0 N–H and O–H groups in total. The van der Waals surface area contributed by atoms with E-state index in [1.807, 2.05) is 0 Å². The molecular weight excluding hydrogens is 299 g/mol. The topological polar surface area (TPSA) is 35.5 Å². The van der Waals surface area contributed by atoms with Gasteiger partial charge in [0.05, 0.1) is 12.7 Å². The molecule has 2 unspecified atom stereocenters. The van der Waals surface area contributed by atoms with Gasteiger partial charge in [-0.1, -0.05) is 43.0 Å². The lowest BCUT2D eigenvalue weighted by Crippen LogP contribution is -2.42. The fraction of sp³-hybridized carbons (Fsp3) is 0.800. The summed E-state index contributed by atoms with van der Waals surface area (Å²) in [4.78, 5) is 12.6. The van der Waals surface area contributed by atoms with Gasteiger partial charge in [0.2, 0.25) is 5.78 Å². The molecule has 2 aliphatic rings. The number of carbonyl (C=O) groups is 1. The second-order valence-corrected chi connectivity index (χ2v) is 7.07. The van der Waals surface area contributed by atoms with Gasteiger partial charge in [0.25, 0.3) is 0 Å². The summed E-state index contributed by atoms with van der Waals surface area (Å²) in [5, 5.41) is 0. The van der Waals surface area contributed by atoms with Gasteiger partial charge in [0.1, 0.15) is 0 Å². The van der Waals surface area contributed by atoms with Crippen LogP contribution in [-0.2, 0) is 14.3 Å². The van der Waals surface area contributed by atoms with E-state index in [1.54, 1.807) is 0 Å². The molecule has 20 heavy (non-hydrogen) atoms. The molecular formula is C15H22Cl2O3. The molecule has 5 heteroatoms. The number of ketones is 1. The predicted octanol–water partition coefficient (Wildman–Crippen LogP) is 3.87. The van der Waals surface area contributed by atoms with Gasteiger partial charge in [-0.15, -0.1) is 0 Å². The quantitative estimate of drug-likeness (QED) is 0.737. The molecule has 114 valence electrons. The van der Waals surface area contributed by atoms with Crippen LogP contribution in [0.3, 0.4) is 0 Å². The second-order valence-electron chi connectivity index (χ2n) is 5.59. The maximum atomic E-state index is 12.6. The van der Waals surface area contributed by atoms with Crippen LogP contribution in [0, 0.1) is 18.9 Å². The van der Waals surface area contributed by atoms with E-state index in [1.165, 1.54) is 0 Å². The summed E-state index contributed by atoms with van der Waals surface area (Å²) in [5.41, 5.74) is 0. The Balaban J connectivity index is 2.15. The van der Waals surface area contributed by atoms with Crippen LogP contribution < -0.4 is 0 Å². The Morgan fingerprint density at radius 3 is 2.80 bits per heavy atom. The molecule has 0 aromatic carbocycles. The van der Waals surface area contributed by atoms with Crippen molar-refractivity contribution >= 4 is 29.0 Å². The van der Waals surface area contributed by atoms with Crippen molar-refractivity contribution in [3.8, 4) is 0 Å². The zero-order valence-electron chi connectivity index (χ0n) is 11.7. The minimum Gasteiger partial charge on any atom is -0.381 e. The Bertz CT molecular complexity index is 321. The lowest BCUT2D eigenvalue weighted by molar-refractivity contribution is -0.133. The summed E-state index contributed by atoms with van der Waals surface area (Å²) in [6, 6.07) is 0. The van der Waals surface area contributed by atoms with E-state index in [2.05, 4.69) is 6.92 Å². The Kier molecular flexibility index (Phi) is 6.15. The Morgan fingerprint density at radius 1 is 1.30 bits per heavy atom. The number of Topliss-reactive ketones (excluding diaryl/α,β-unsaturated/α-hetero) is 1. The van der Waals surface area contributed by atoms with Crippen molar-refractivity contribution in [1.82, 2.24) is 0 Å². The van der Waals surface area contributed by atoms with Crippen molar-refractivity contribution in [3.05, 3.63) is 13.0 Å². The van der Waals surface area contributed by atoms with E-state index in [0.29, 0.717) is 32.2 Å². The average molecular weight is 321 g/mol. The van der Waals surface area contributed by atoms with Gasteiger partial charge in [0.15, 0.2) is 10.4 Å². The highest BCUT2D eigenvalue weighted by molar-refractivity contribution is 6.59. The molecule has 2 heterocycles. The molecule has 2 atom stereocenters. The number of hydrogen-bond acceptors (Lipinski definition) is 3. The normalized spacial score (nSPS) is 29.4. The molecule has 2 bridgehead atoms. The van der Waals surface area contributed by atoms with Crippen molar-refractivity contribution in [2.24, 2.45) is 5.92 Å². The molecule has 0 saturated carbocycles. The van der Waals surface area contributed by atoms with E-state index in [9.17, 15) is 4.79 Å². The molecule has 0 aromatic heterocycles. The molecule has 0 spiro atoms. The fourth-order valence-electron chi connectivity index (χ4n) is 2.79. The number of hydrogen-bond donors (Lipinski definition) is 0. The van der Waals surface area contributed by atoms with Gasteiger partial charge in [-0.05, 0) is 32.1 Å². The van der Waals surface area contributed by atoms with Crippen LogP contribution in [0.1, 0.15) is 44.9 Å². The smallest absolute Gasteiger partial charge is 0.204 e. The fourth-order valence-corrected chi connectivity index (χ4v) is 3.24. The third-order valence-corrected chi connectivity index (χ3v) is 4.66. The third kappa shape index (κ3) is 4.09. The van der Waals surface area contributed by atoms with Crippen molar-refractivity contribution in [3.63, 3.8) is 0 Å². The number of carbonyl (C=O) groups excluding carboxylic acids is 1. The first kappa shape index (κ1) is 16.5. The number of rotatable bonds is 4. The highest BCUT2D eigenvalue weighted by Crippen LogP contribution is 2.39. The van der Waals surface area contributed by atoms with Crippen molar-refractivity contribution < 1.29 is 14.3 Å². The summed E-state index contributed by atoms with van der Waals surface area (Å²) >= 11 is 12.4. The lowest BCUT2D eigenvalue weighted by Gasteiger charge is -2.36. The van der Waals surface area contributed by atoms with Crippen LogP contribution in [0.2, 0.25) is 0 Å². The number of ether oxygens (including phenoxy) is 2. The zero-order chi connectivity index (χ0) is 14.6. The number of halogens is 2. The summed E-state index contributed by atoms with van der Waals surface area (Å²) in [5.74, 6) is -0.320. The molecule has 2 rings (SSSR count). The largest absolute Gasteiger partial charge is 0.381 e. The second kappa shape index (κ2) is 7.44. The van der Waals surface area contributed by atoms with Crippen LogP contribution in [0.15, 0.2) is 0 Å². The Morgan fingerprint density at radius 2 is 2.05 bits per heavy atom. The molecule has 2 fully saturated rings. The summed E-state index contributed by atoms with van der Waals surface area (Å²) < 4.78 is 10.2. The average Bonchev–Trinajstić information content (AvgIpc) is 2.37. The molecule has 3 nitrogen and oxygen atoms in total. The maximum absolute atomic E-state index is 12.6. The van der Waals surface area contributed by atoms with Crippen molar-refractivity contribution in [1.29, 1.82) is 0 Å². The van der Waals surface area contributed by atoms with E-state index >= 15 is 0 Å². The van der Waals surface area contributed by atoms with E-state index in [4.69, 9.17) is 32.7 Å². The number of fused-ring (bicyclic) bond motifs is 3. The Hall–Kier alpha value is 0.170. The maximum Gasteiger partial charge on any atom is 0.204 e. The van der Waals surface area contributed by atoms with Gasteiger partial charge in [-0.2, -0.15) is 0 Å². The third-order valence-electron chi connectivity index (χ3n) is 3.94. The SMILES string of the molecule is [CH2]CCC(Cl)(Cl)C(=O)[C]1OC2CCCCC1COCC2. The van der Waals surface area contributed by atoms with Crippen LogP contribution in [0.25, 0.3) is 0 Å². The molecule has 0 aliphatic carbocycles. The summed E-state index contributed by atoms with van der Waals surface area (Å²) in [6.07, 6.45) is 6.19. The molecule has 0 aromatic rings. The van der Waals surface area contributed by atoms with Crippen LogP contribution in [0.5, 0.6) is 0 Å². The molecule has 0 amide bonds. The molecule has 2 aliphatic heterocycles. The molecule has 2 radical (unpaired) electrons. The Labute approximate surface area is 131 Å². The van der Waals surface area contributed by atoms with Crippen LogP contribution >= 0.6 is 23.2 Å². The van der Waals surface area contributed by atoms with Gasteiger partial charge in [0, 0.05) is 12.5 Å². The predicted molar refractivity (Wildman–Crippen MR) is 79.5 cm³/mol. The highest BCUT2D eigenvalue weighted by Gasteiger charge is 2.44. The molecule has 2 saturated heterocycles. The summed E-state index contributed by atoms with van der Waals surface area (Å²) in [6.45, 7) is 4.92.